The van der Waals surface area contributed by atoms with E-state index in [1.54, 1.807) is 0 Å². The van der Waals surface area contributed by atoms with Crippen LogP contribution in [-0.4, -0.2) is 31.7 Å². The van der Waals surface area contributed by atoms with Crippen molar-refractivity contribution in [3.05, 3.63) is 23.8 Å². The van der Waals surface area contributed by atoms with Crippen molar-refractivity contribution in [2.45, 2.75) is 25.4 Å². The van der Waals surface area contributed by atoms with Crippen molar-refractivity contribution in [3.63, 3.8) is 0 Å². The van der Waals surface area contributed by atoms with Crippen LogP contribution in [-0.2, 0) is 11.3 Å². The van der Waals surface area contributed by atoms with Crippen molar-refractivity contribution < 1.29 is 14.3 Å². The molecule has 1 aromatic carbocycles. The van der Waals surface area contributed by atoms with E-state index in [4.69, 9.17) is 9.47 Å². The first-order chi connectivity index (χ1) is 9.33. The van der Waals surface area contributed by atoms with E-state index in [-0.39, 0.29) is 5.91 Å². The summed E-state index contributed by atoms with van der Waals surface area (Å²) in [6.45, 7) is 2.10. The lowest BCUT2D eigenvalue weighted by molar-refractivity contribution is -0.120. The third-order valence-corrected chi connectivity index (χ3v) is 3.19. The number of ether oxygens (including phenoxy) is 2. The van der Waals surface area contributed by atoms with Crippen LogP contribution in [0.1, 0.15) is 18.4 Å². The summed E-state index contributed by atoms with van der Waals surface area (Å²) in [5.74, 6) is 1.64. The van der Waals surface area contributed by atoms with Crippen LogP contribution in [0.15, 0.2) is 18.2 Å². The van der Waals surface area contributed by atoms with Crippen LogP contribution in [0, 0.1) is 0 Å². The largest absolute Gasteiger partial charge is 0.486 e. The molecule has 3 rings (SSSR count). The summed E-state index contributed by atoms with van der Waals surface area (Å²) in [6.07, 6.45) is 2.23. The lowest BCUT2D eigenvalue weighted by Gasteiger charge is -2.21. The summed E-state index contributed by atoms with van der Waals surface area (Å²) in [5, 5.41) is 6.08. The fraction of sp³-hybridized carbons (Fsp3) is 0.500. The second-order valence-electron chi connectivity index (χ2n) is 4.89. The molecule has 5 heteroatoms. The highest BCUT2D eigenvalue weighted by Gasteiger charge is 2.23. The molecule has 1 heterocycles. The Balaban J connectivity index is 1.53. The molecule has 0 saturated heterocycles. The molecule has 5 nitrogen and oxygen atoms in total. The monoisotopic (exact) mass is 262 g/mol. The van der Waals surface area contributed by atoms with Crippen molar-refractivity contribution in [2.75, 3.05) is 19.8 Å². The van der Waals surface area contributed by atoms with E-state index in [2.05, 4.69) is 10.6 Å². The van der Waals surface area contributed by atoms with E-state index in [0.717, 1.165) is 29.9 Å². The van der Waals surface area contributed by atoms with Crippen molar-refractivity contribution in [2.24, 2.45) is 0 Å². The summed E-state index contributed by atoms with van der Waals surface area (Å²) >= 11 is 0. The summed E-state index contributed by atoms with van der Waals surface area (Å²) in [5.41, 5.74) is 1.02. The number of amides is 1. The maximum atomic E-state index is 11.5. The number of carbonyl (C=O) groups is 1. The number of para-hydroxylation sites is 1. The van der Waals surface area contributed by atoms with Gasteiger partial charge in [-0.1, -0.05) is 12.1 Å². The van der Waals surface area contributed by atoms with Crippen LogP contribution in [0.3, 0.4) is 0 Å². The van der Waals surface area contributed by atoms with Gasteiger partial charge in [-0.25, -0.2) is 0 Å². The number of carbonyl (C=O) groups excluding carboxylic acids is 1. The van der Waals surface area contributed by atoms with E-state index < -0.39 is 0 Å². The minimum atomic E-state index is 0.0597. The molecule has 0 bridgehead atoms. The highest BCUT2D eigenvalue weighted by atomic mass is 16.6. The standard InChI is InChI=1S/C14H18N2O3/c17-13(16-11-4-5-11)9-15-8-10-2-1-3-12-14(10)19-7-6-18-12/h1-3,11,15H,4-9H2,(H,16,17). The van der Waals surface area contributed by atoms with Crippen molar-refractivity contribution in [1.29, 1.82) is 0 Å². The van der Waals surface area contributed by atoms with Gasteiger partial charge in [0.2, 0.25) is 5.91 Å². The average molecular weight is 262 g/mol. The zero-order chi connectivity index (χ0) is 13.1. The summed E-state index contributed by atoms with van der Waals surface area (Å²) in [6, 6.07) is 6.24. The number of rotatable bonds is 5. The molecule has 1 amide bonds. The fourth-order valence-electron chi connectivity index (χ4n) is 2.09. The van der Waals surface area contributed by atoms with Gasteiger partial charge in [-0.05, 0) is 18.9 Å². The van der Waals surface area contributed by atoms with E-state index in [0.29, 0.717) is 32.3 Å². The van der Waals surface area contributed by atoms with Gasteiger partial charge in [0.25, 0.3) is 0 Å². The van der Waals surface area contributed by atoms with Crippen molar-refractivity contribution >= 4 is 5.91 Å². The van der Waals surface area contributed by atoms with Gasteiger partial charge >= 0.3 is 0 Å². The molecule has 102 valence electrons. The molecule has 0 atom stereocenters. The third-order valence-electron chi connectivity index (χ3n) is 3.19. The van der Waals surface area contributed by atoms with Crippen LogP contribution in [0.2, 0.25) is 0 Å². The Morgan fingerprint density at radius 2 is 2.11 bits per heavy atom. The van der Waals surface area contributed by atoms with Gasteiger partial charge in [-0.2, -0.15) is 0 Å². The number of benzene rings is 1. The maximum absolute atomic E-state index is 11.5. The lowest BCUT2D eigenvalue weighted by atomic mass is 10.1. The number of fused-ring (bicyclic) bond motifs is 1. The van der Waals surface area contributed by atoms with Gasteiger partial charge < -0.3 is 20.1 Å². The summed E-state index contributed by atoms with van der Waals surface area (Å²) in [7, 11) is 0. The van der Waals surface area contributed by atoms with E-state index in [1.165, 1.54) is 0 Å². The van der Waals surface area contributed by atoms with Gasteiger partial charge in [0.15, 0.2) is 11.5 Å². The van der Waals surface area contributed by atoms with Gasteiger partial charge in [0.05, 0.1) is 6.54 Å². The Labute approximate surface area is 112 Å². The Morgan fingerprint density at radius 3 is 2.95 bits per heavy atom. The topological polar surface area (TPSA) is 59.6 Å². The molecule has 1 aliphatic heterocycles. The van der Waals surface area contributed by atoms with E-state index in [1.807, 2.05) is 18.2 Å². The normalized spacial score (nSPS) is 17.1. The zero-order valence-corrected chi connectivity index (χ0v) is 10.8. The van der Waals surface area contributed by atoms with Crippen molar-refractivity contribution in [3.8, 4) is 11.5 Å². The molecular weight excluding hydrogens is 244 g/mol. The predicted molar refractivity (Wildman–Crippen MR) is 70.3 cm³/mol. The predicted octanol–water partition coefficient (Wildman–Crippen LogP) is 0.826. The molecular formula is C14H18N2O3. The molecule has 1 fully saturated rings. The second-order valence-corrected chi connectivity index (χ2v) is 4.89. The van der Waals surface area contributed by atoms with Gasteiger partial charge in [-0.3, -0.25) is 4.79 Å². The molecule has 1 aliphatic carbocycles. The molecule has 1 saturated carbocycles. The summed E-state index contributed by atoms with van der Waals surface area (Å²) in [4.78, 5) is 11.5. The third kappa shape index (κ3) is 3.17. The SMILES string of the molecule is O=C(CNCc1cccc2c1OCCO2)NC1CC1. The van der Waals surface area contributed by atoms with Crippen LogP contribution < -0.4 is 20.1 Å². The quantitative estimate of drug-likeness (QED) is 0.825. The molecule has 2 N–H and O–H groups in total. The summed E-state index contributed by atoms with van der Waals surface area (Å²) < 4.78 is 11.1. The maximum Gasteiger partial charge on any atom is 0.234 e. The number of hydrogen-bond acceptors (Lipinski definition) is 4. The fourth-order valence-corrected chi connectivity index (χ4v) is 2.09. The molecule has 0 aromatic heterocycles. The Morgan fingerprint density at radius 1 is 1.26 bits per heavy atom. The Bertz CT molecular complexity index is 472. The second kappa shape index (κ2) is 5.48. The highest BCUT2D eigenvalue weighted by Crippen LogP contribution is 2.33. The Kier molecular flexibility index (Phi) is 3.55. The molecule has 0 spiro atoms. The smallest absolute Gasteiger partial charge is 0.234 e. The van der Waals surface area contributed by atoms with Crippen LogP contribution in [0.4, 0.5) is 0 Å². The minimum absolute atomic E-state index is 0.0597. The van der Waals surface area contributed by atoms with Crippen LogP contribution >= 0.6 is 0 Å². The molecule has 0 unspecified atom stereocenters. The van der Waals surface area contributed by atoms with Gasteiger partial charge in [-0.15, -0.1) is 0 Å². The zero-order valence-electron chi connectivity index (χ0n) is 10.8. The Hall–Kier alpha value is -1.75. The minimum Gasteiger partial charge on any atom is -0.486 e. The van der Waals surface area contributed by atoms with Gasteiger partial charge in [0, 0.05) is 18.2 Å². The molecule has 19 heavy (non-hydrogen) atoms. The number of nitrogens with one attached hydrogen (secondary N) is 2. The molecule has 1 aromatic rings. The lowest BCUT2D eigenvalue weighted by Crippen LogP contribution is -2.34. The molecule has 0 radical (unpaired) electrons. The van der Waals surface area contributed by atoms with Crippen molar-refractivity contribution in [1.82, 2.24) is 10.6 Å². The van der Waals surface area contributed by atoms with Gasteiger partial charge in [0.1, 0.15) is 13.2 Å². The highest BCUT2D eigenvalue weighted by molar-refractivity contribution is 5.78. The van der Waals surface area contributed by atoms with E-state index in [9.17, 15) is 4.79 Å². The van der Waals surface area contributed by atoms with E-state index >= 15 is 0 Å². The first-order valence-electron chi connectivity index (χ1n) is 6.70. The van der Waals surface area contributed by atoms with Crippen LogP contribution in [0.5, 0.6) is 11.5 Å². The van der Waals surface area contributed by atoms with Crippen LogP contribution in [0.25, 0.3) is 0 Å². The average Bonchev–Trinajstić information content (AvgIpc) is 3.23. The first-order valence-corrected chi connectivity index (χ1v) is 6.70. The molecule has 2 aliphatic rings. The number of hydrogen-bond donors (Lipinski definition) is 2. The first kappa shape index (κ1) is 12.3.